The van der Waals surface area contributed by atoms with Gasteiger partial charge in [0.05, 0.1) is 11.5 Å². The Bertz CT molecular complexity index is 584. The van der Waals surface area contributed by atoms with Gasteiger partial charge < -0.3 is 10.6 Å². The Kier molecular flexibility index (Phi) is 3.82. The number of nitrogens with zero attached hydrogens (tertiary/aromatic N) is 2. The number of hydrogen-bond acceptors (Lipinski definition) is 5. The zero-order valence-electron chi connectivity index (χ0n) is 11.7. The molecule has 1 unspecified atom stereocenters. The summed E-state index contributed by atoms with van der Waals surface area (Å²) in [5.74, 6) is 0.416. The average molecular weight is 283 g/mol. The molecule has 106 valence electrons. The number of hydrogen-bond donors (Lipinski definition) is 1. The van der Waals surface area contributed by atoms with Crippen molar-refractivity contribution in [2.75, 3.05) is 23.0 Å². The number of anilines is 1. The summed E-state index contributed by atoms with van der Waals surface area (Å²) in [4.78, 5) is 6.57. The Morgan fingerprint density at radius 3 is 2.74 bits per heavy atom. The van der Waals surface area contributed by atoms with Crippen LogP contribution >= 0.6 is 0 Å². The topological polar surface area (TPSA) is 76.3 Å². The zero-order valence-corrected chi connectivity index (χ0v) is 12.5. The third kappa shape index (κ3) is 2.90. The van der Waals surface area contributed by atoms with Crippen LogP contribution in [0.2, 0.25) is 0 Å². The van der Waals surface area contributed by atoms with Crippen molar-refractivity contribution < 1.29 is 8.42 Å². The predicted octanol–water partition coefficient (Wildman–Crippen LogP) is 0.780. The van der Waals surface area contributed by atoms with E-state index in [1.165, 1.54) is 0 Å². The molecule has 0 bridgehead atoms. The van der Waals surface area contributed by atoms with Gasteiger partial charge >= 0.3 is 0 Å². The van der Waals surface area contributed by atoms with E-state index in [1.807, 2.05) is 26.8 Å². The Morgan fingerprint density at radius 1 is 1.47 bits per heavy atom. The smallest absolute Gasteiger partial charge is 0.154 e. The van der Waals surface area contributed by atoms with Crippen LogP contribution in [0.4, 0.5) is 5.69 Å². The molecule has 6 heteroatoms. The summed E-state index contributed by atoms with van der Waals surface area (Å²) < 4.78 is 23.3. The molecule has 5 nitrogen and oxygen atoms in total. The molecule has 2 rings (SSSR count). The quantitative estimate of drug-likeness (QED) is 0.868. The van der Waals surface area contributed by atoms with Gasteiger partial charge in [-0.3, -0.25) is 4.98 Å². The van der Waals surface area contributed by atoms with E-state index in [4.69, 9.17) is 5.73 Å². The lowest BCUT2D eigenvalue weighted by Gasteiger charge is -2.36. The fourth-order valence-electron chi connectivity index (χ4n) is 2.70. The SMILES string of the molecule is Cc1cc(N2CCS(=O)(=O)CC2C)c(CN)c(C)n1. The van der Waals surface area contributed by atoms with Gasteiger partial charge in [-0.2, -0.15) is 0 Å². The van der Waals surface area contributed by atoms with Crippen LogP contribution in [0.1, 0.15) is 23.9 Å². The van der Waals surface area contributed by atoms with E-state index >= 15 is 0 Å². The third-order valence-electron chi connectivity index (χ3n) is 3.62. The lowest BCUT2D eigenvalue weighted by molar-refractivity contribution is 0.567. The van der Waals surface area contributed by atoms with Crippen molar-refractivity contribution in [3.63, 3.8) is 0 Å². The van der Waals surface area contributed by atoms with E-state index in [-0.39, 0.29) is 17.5 Å². The molecule has 1 fully saturated rings. The highest BCUT2D eigenvalue weighted by molar-refractivity contribution is 7.91. The maximum Gasteiger partial charge on any atom is 0.154 e. The molecule has 2 N–H and O–H groups in total. The Balaban J connectivity index is 2.42. The van der Waals surface area contributed by atoms with E-state index < -0.39 is 9.84 Å². The maximum atomic E-state index is 11.7. The standard InChI is InChI=1S/C13H21N3O2S/c1-9-6-13(12(7-14)11(3)15-9)16-4-5-19(17,18)8-10(16)2/h6,10H,4-5,7-8,14H2,1-3H3. The van der Waals surface area contributed by atoms with Crippen LogP contribution in [0, 0.1) is 13.8 Å². The van der Waals surface area contributed by atoms with Crippen molar-refractivity contribution in [1.82, 2.24) is 4.98 Å². The van der Waals surface area contributed by atoms with Crippen molar-refractivity contribution in [2.24, 2.45) is 5.73 Å². The highest BCUT2D eigenvalue weighted by Crippen LogP contribution is 2.27. The first-order chi connectivity index (χ1) is 8.84. The minimum absolute atomic E-state index is 0.0229. The summed E-state index contributed by atoms with van der Waals surface area (Å²) in [6, 6.07) is 1.98. The van der Waals surface area contributed by atoms with Gasteiger partial charge in [-0.05, 0) is 26.8 Å². The highest BCUT2D eigenvalue weighted by Gasteiger charge is 2.29. The predicted molar refractivity (Wildman–Crippen MR) is 77.1 cm³/mol. The normalized spacial score (nSPS) is 22.5. The lowest BCUT2D eigenvalue weighted by atomic mass is 10.1. The number of aromatic nitrogens is 1. The molecule has 1 aromatic heterocycles. The van der Waals surface area contributed by atoms with Gasteiger partial charge in [0.25, 0.3) is 0 Å². The minimum Gasteiger partial charge on any atom is -0.366 e. The molecule has 0 spiro atoms. The number of aryl methyl sites for hydroxylation is 2. The summed E-state index contributed by atoms with van der Waals surface area (Å²) in [6.07, 6.45) is 0. The van der Waals surface area contributed by atoms with Crippen LogP contribution in [0.5, 0.6) is 0 Å². The third-order valence-corrected chi connectivity index (χ3v) is 5.41. The molecule has 0 aromatic carbocycles. The summed E-state index contributed by atoms with van der Waals surface area (Å²) >= 11 is 0. The fourth-order valence-corrected chi connectivity index (χ4v) is 4.26. The minimum atomic E-state index is -2.90. The second-order valence-electron chi connectivity index (χ2n) is 5.21. The first kappa shape index (κ1) is 14.3. The number of pyridine rings is 1. The van der Waals surface area contributed by atoms with Crippen LogP contribution in [0.3, 0.4) is 0 Å². The molecule has 1 aromatic rings. The van der Waals surface area contributed by atoms with Gasteiger partial charge in [-0.25, -0.2) is 8.42 Å². The number of nitrogens with two attached hydrogens (primary N) is 1. The van der Waals surface area contributed by atoms with Crippen LogP contribution in [-0.2, 0) is 16.4 Å². The van der Waals surface area contributed by atoms with Crippen molar-refractivity contribution in [1.29, 1.82) is 0 Å². The Labute approximate surface area is 114 Å². The second kappa shape index (κ2) is 5.09. The molecule has 0 amide bonds. The average Bonchev–Trinajstić information content (AvgIpc) is 2.26. The molecule has 19 heavy (non-hydrogen) atoms. The van der Waals surface area contributed by atoms with Gasteiger partial charge in [0.1, 0.15) is 0 Å². The van der Waals surface area contributed by atoms with Gasteiger partial charge in [0.2, 0.25) is 0 Å². The summed E-state index contributed by atoms with van der Waals surface area (Å²) in [5.41, 5.74) is 9.73. The van der Waals surface area contributed by atoms with Crippen molar-refractivity contribution >= 4 is 15.5 Å². The first-order valence-corrected chi connectivity index (χ1v) is 8.30. The summed E-state index contributed by atoms with van der Waals surface area (Å²) in [5, 5.41) is 0. The molecule has 2 heterocycles. The molecule has 0 radical (unpaired) electrons. The zero-order chi connectivity index (χ0) is 14.2. The van der Waals surface area contributed by atoms with Gasteiger partial charge in [0, 0.05) is 41.8 Å². The van der Waals surface area contributed by atoms with Crippen LogP contribution in [-0.4, -0.2) is 37.5 Å². The number of rotatable bonds is 2. The number of sulfone groups is 1. The molecular weight excluding hydrogens is 262 g/mol. The maximum absolute atomic E-state index is 11.7. The molecule has 0 aliphatic carbocycles. The van der Waals surface area contributed by atoms with Gasteiger partial charge in [-0.1, -0.05) is 0 Å². The highest BCUT2D eigenvalue weighted by atomic mass is 32.2. The Hall–Kier alpha value is -1.14. The second-order valence-corrected chi connectivity index (χ2v) is 7.44. The summed E-state index contributed by atoms with van der Waals surface area (Å²) in [6.45, 7) is 6.79. The molecule has 1 atom stereocenters. The van der Waals surface area contributed by atoms with E-state index in [9.17, 15) is 8.42 Å². The van der Waals surface area contributed by atoms with Crippen LogP contribution < -0.4 is 10.6 Å². The molecule has 0 saturated carbocycles. The molecular formula is C13H21N3O2S. The van der Waals surface area contributed by atoms with E-state index in [2.05, 4.69) is 9.88 Å². The van der Waals surface area contributed by atoms with E-state index in [0.29, 0.717) is 13.1 Å². The lowest BCUT2D eigenvalue weighted by Crippen LogP contribution is -2.47. The molecule has 1 aliphatic rings. The van der Waals surface area contributed by atoms with Crippen LogP contribution in [0.15, 0.2) is 6.07 Å². The van der Waals surface area contributed by atoms with E-state index in [1.54, 1.807) is 0 Å². The molecule has 1 aliphatic heterocycles. The monoisotopic (exact) mass is 283 g/mol. The largest absolute Gasteiger partial charge is 0.366 e. The molecule has 1 saturated heterocycles. The first-order valence-electron chi connectivity index (χ1n) is 6.48. The van der Waals surface area contributed by atoms with Crippen LogP contribution in [0.25, 0.3) is 0 Å². The van der Waals surface area contributed by atoms with Crippen molar-refractivity contribution in [3.05, 3.63) is 23.0 Å². The Morgan fingerprint density at radius 2 is 2.16 bits per heavy atom. The van der Waals surface area contributed by atoms with Gasteiger partial charge in [0.15, 0.2) is 9.84 Å². The van der Waals surface area contributed by atoms with E-state index in [0.717, 1.165) is 22.6 Å². The van der Waals surface area contributed by atoms with Crippen molar-refractivity contribution in [3.8, 4) is 0 Å². The van der Waals surface area contributed by atoms with Gasteiger partial charge in [-0.15, -0.1) is 0 Å². The summed E-state index contributed by atoms with van der Waals surface area (Å²) in [7, 11) is -2.90. The van der Waals surface area contributed by atoms with Crippen molar-refractivity contribution in [2.45, 2.75) is 33.4 Å². The fraction of sp³-hybridized carbons (Fsp3) is 0.615.